The van der Waals surface area contributed by atoms with Crippen LogP contribution in [0.2, 0.25) is 0 Å². The Bertz CT molecular complexity index is 315. The van der Waals surface area contributed by atoms with E-state index in [1.165, 1.54) is 19.9 Å². The number of rotatable bonds is 5. The van der Waals surface area contributed by atoms with E-state index >= 15 is 0 Å². The minimum atomic E-state index is -4.22. The van der Waals surface area contributed by atoms with Gasteiger partial charge in [-0.25, -0.2) is 0 Å². The Labute approximate surface area is 83.5 Å². The first kappa shape index (κ1) is 13.1. The van der Waals surface area contributed by atoms with Gasteiger partial charge >= 0.3 is 5.97 Å². The van der Waals surface area contributed by atoms with Gasteiger partial charge in [0, 0.05) is 0 Å². The van der Waals surface area contributed by atoms with Crippen molar-refractivity contribution in [2.75, 3.05) is 6.61 Å². The van der Waals surface area contributed by atoms with Crippen molar-refractivity contribution in [3.63, 3.8) is 0 Å². The highest BCUT2D eigenvalue weighted by molar-refractivity contribution is 7.87. The third kappa shape index (κ3) is 3.89. The maximum absolute atomic E-state index is 10.8. The van der Waals surface area contributed by atoms with Gasteiger partial charge in [-0.15, -0.1) is 6.58 Å². The molecule has 6 heteroatoms. The van der Waals surface area contributed by atoms with E-state index in [-0.39, 0.29) is 13.0 Å². The molecule has 0 amide bonds. The minimum absolute atomic E-state index is 0.0154. The summed E-state index contributed by atoms with van der Waals surface area (Å²) in [6.07, 6.45) is 1.37. The lowest BCUT2D eigenvalue weighted by Gasteiger charge is -2.19. The quantitative estimate of drug-likeness (QED) is 0.422. The molecule has 0 aliphatic rings. The first-order valence-corrected chi connectivity index (χ1v) is 5.38. The molecule has 0 aromatic carbocycles. The maximum atomic E-state index is 10.8. The van der Waals surface area contributed by atoms with Gasteiger partial charge in [-0.2, -0.15) is 8.42 Å². The molecule has 0 unspecified atom stereocenters. The van der Waals surface area contributed by atoms with Gasteiger partial charge in [0.2, 0.25) is 0 Å². The van der Waals surface area contributed by atoms with Gasteiger partial charge < -0.3 is 4.74 Å². The Morgan fingerprint density at radius 3 is 2.43 bits per heavy atom. The molecule has 82 valence electrons. The highest BCUT2D eigenvalue weighted by Crippen LogP contribution is 2.15. The molecule has 0 spiro atoms. The lowest BCUT2D eigenvalue weighted by Crippen LogP contribution is -2.37. The monoisotopic (exact) mass is 222 g/mol. The molecule has 0 aliphatic carbocycles. The topological polar surface area (TPSA) is 80.7 Å². The van der Waals surface area contributed by atoms with Gasteiger partial charge in [0.05, 0.1) is 6.42 Å². The molecule has 14 heavy (non-hydrogen) atoms. The fraction of sp³-hybridized carbons (Fsp3) is 0.625. The van der Waals surface area contributed by atoms with Crippen LogP contribution in [0.15, 0.2) is 12.7 Å². The van der Waals surface area contributed by atoms with Gasteiger partial charge in [-0.1, -0.05) is 6.08 Å². The van der Waals surface area contributed by atoms with Crippen LogP contribution in [0.3, 0.4) is 0 Å². The molecular formula is C8H14O5S. The summed E-state index contributed by atoms with van der Waals surface area (Å²) in [6.45, 7) is 5.48. The van der Waals surface area contributed by atoms with E-state index in [4.69, 9.17) is 4.55 Å². The van der Waals surface area contributed by atoms with Gasteiger partial charge in [-0.3, -0.25) is 9.35 Å². The fourth-order valence-corrected chi connectivity index (χ4v) is 0.713. The zero-order chi connectivity index (χ0) is 11.4. The highest BCUT2D eigenvalue weighted by Gasteiger charge is 2.34. The maximum Gasteiger partial charge on any atom is 0.309 e. The van der Waals surface area contributed by atoms with Gasteiger partial charge in [0.15, 0.2) is 0 Å². The zero-order valence-electron chi connectivity index (χ0n) is 8.19. The summed E-state index contributed by atoms with van der Waals surface area (Å²) in [5.74, 6) is -0.572. The van der Waals surface area contributed by atoms with Crippen LogP contribution in [0.5, 0.6) is 0 Å². The first-order chi connectivity index (χ1) is 6.20. The second kappa shape index (κ2) is 4.56. The van der Waals surface area contributed by atoms with E-state index < -0.39 is 20.8 Å². The molecule has 0 aromatic rings. The van der Waals surface area contributed by atoms with Gasteiger partial charge in [0.25, 0.3) is 10.1 Å². The third-order valence-electron chi connectivity index (χ3n) is 1.59. The smallest absolute Gasteiger partial charge is 0.309 e. The first-order valence-electron chi connectivity index (χ1n) is 3.94. The average Bonchev–Trinajstić information content (AvgIpc) is 1.99. The summed E-state index contributed by atoms with van der Waals surface area (Å²) >= 11 is 0. The van der Waals surface area contributed by atoms with Gasteiger partial charge in [0.1, 0.15) is 11.4 Å². The standard InChI is InChI=1S/C8H14O5S/c1-4-5-7(9)13-6-8(2,3)14(10,11)12/h4H,1,5-6H2,2-3H3,(H,10,11,12). The highest BCUT2D eigenvalue weighted by atomic mass is 32.2. The Morgan fingerprint density at radius 1 is 1.57 bits per heavy atom. The molecule has 0 saturated heterocycles. The molecule has 0 saturated carbocycles. The molecule has 0 aliphatic heterocycles. The van der Waals surface area contributed by atoms with E-state index in [2.05, 4.69) is 11.3 Å². The number of carbonyl (C=O) groups excluding carboxylic acids is 1. The van der Waals surface area contributed by atoms with Crippen LogP contribution in [0.25, 0.3) is 0 Å². The summed E-state index contributed by atoms with van der Waals surface area (Å²) in [5, 5.41) is 0. The molecule has 0 bridgehead atoms. The van der Waals surface area contributed by atoms with Crippen LogP contribution >= 0.6 is 0 Å². The summed E-state index contributed by atoms with van der Waals surface area (Å²) in [4.78, 5) is 10.8. The van der Waals surface area contributed by atoms with Crippen LogP contribution in [-0.4, -0.2) is 30.3 Å². The van der Waals surface area contributed by atoms with Crippen molar-refractivity contribution in [2.24, 2.45) is 0 Å². The van der Waals surface area contributed by atoms with Crippen LogP contribution in [-0.2, 0) is 19.6 Å². The molecule has 1 N–H and O–H groups in total. The lowest BCUT2D eigenvalue weighted by atomic mass is 10.2. The Hall–Kier alpha value is -0.880. The average molecular weight is 222 g/mol. The van der Waals surface area contributed by atoms with Crippen molar-refractivity contribution >= 4 is 16.1 Å². The number of hydrogen-bond acceptors (Lipinski definition) is 4. The molecule has 0 heterocycles. The van der Waals surface area contributed by atoms with Crippen molar-refractivity contribution in [3.8, 4) is 0 Å². The fourth-order valence-electron chi connectivity index (χ4n) is 0.506. The Balaban J connectivity index is 4.27. The lowest BCUT2D eigenvalue weighted by molar-refractivity contribution is -0.143. The molecule has 0 atom stereocenters. The largest absolute Gasteiger partial charge is 0.464 e. The Morgan fingerprint density at radius 2 is 2.07 bits per heavy atom. The van der Waals surface area contributed by atoms with Crippen molar-refractivity contribution < 1.29 is 22.5 Å². The van der Waals surface area contributed by atoms with Crippen molar-refractivity contribution in [1.82, 2.24) is 0 Å². The second-order valence-electron chi connectivity index (χ2n) is 3.39. The van der Waals surface area contributed by atoms with Crippen LogP contribution in [0, 0.1) is 0 Å². The van der Waals surface area contributed by atoms with E-state index in [0.717, 1.165) is 0 Å². The zero-order valence-corrected chi connectivity index (χ0v) is 9.00. The van der Waals surface area contributed by atoms with Crippen LogP contribution < -0.4 is 0 Å². The summed E-state index contributed by atoms with van der Waals surface area (Å²) in [7, 11) is -4.22. The van der Waals surface area contributed by atoms with E-state index in [1.807, 2.05) is 0 Å². The predicted octanol–water partition coefficient (Wildman–Crippen LogP) is 0.772. The normalized spacial score (nSPS) is 12.2. The molecule has 0 aromatic heterocycles. The number of esters is 1. The molecule has 0 radical (unpaired) electrons. The van der Waals surface area contributed by atoms with Crippen LogP contribution in [0.4, 0.5) is 0 Å². The van der Waals surface area contributed by atoms with Crippen molar-refractivity contribution in [1.29, 1.82) is 0 Å². The summed E-state index contributed by atoms with van der Waals surface area (Å²) in [6, 6.07) is 0. The third-order valence-corrected chi connectivity index (χ3v) is 3.10. The SMILES string of the molecule is C=CCC(=O)OCC(C)(C)S(=O)(=O)O. The second-order valence-corrected chi connectivity index (χ2v) is 5.44. The molecule has 0 rings (SSSR count). The number of ether oxygens (including phenoxy) is 1. The number of hydrogen-bond donors (Lipinski definition) is 1. The molecular weight excluding hydrogens is 208 g/mol. The minimum Gasteiger partial charge on any atom is -0.464 e. The summed E-state index contributed by atoms with van der Waals surface area (Å²) < 4.78 is 33.4. The van der Waals surface area contributed by atoms with E-state index in [0.29, 0.717) is 0 Å². The predicted molar refractivity (Wildman–Crippen MR) is 51.4 cm³/mol. The van der Waals surface area contributed by atoms with Crippen molar-refractivity contribution in [2.45, 2.75) is 25.0 Å². The Kier molecular flexibility index (Phi) is 4.28. The van der Waals surface area contributed by atoms with E-state index in [1.54, 1.807) is 0 Å². The van der Waals surface area contributed by atoms with Crippen molar-refractivity contribution in [3.05, 3.63) is 12.7 Å². The van der Waals surface area contributed by atoms with Crippen LogP contribution in [0.1, 0.15) is 20.3 Å². The molecule has 5 nitrogen and oxygen atoms in total. The van der Waals surface area contributed by atoms with E-state index in [9.17, 15) is 13.2 Å². The van der Waals surface area contributed by atoms with Gasteiger partial charge in [-0.05, 0) is 13.8 Å². The summed E-state index contributed by atoms with van der Waals surface area (Å²) in [5.41, 5.74) is 0. The molecule has 0 fully saturated rings. The number of carbonyl (C=O) groups is 1.